The van der Waals surface area contributed by atoms with Gasteiger partial charge < -0.3 is 15.4 Å². The summed E-state index contributed by atoms with van der Waals surface area (Å²) in [6, 6.07) is 10.4. The molecule has 0 saturated heterocycles. The topological polar surface area (TPSA) is 90.1 Å². The first-order chi connectivity index (χ1) is 11.5. The average Bonchev–Trinajstić information content (AvgIpc) is 2.96. The van der Waals surface area contributed by atoms with E-state index in [9.17, 15) is 14.9 Å². The molecule has 2 aromatic rings. The van der Waals surface area contributed by atoms with Crippen molar-refractivity contribution in [3.8, 4) is 0 Å². The fourth-order valence-corrected chi connectivity index (χ4v) is 2.72. The maximum Gasteiger partial charge on any atom is 0.390 e. The predicted octanol–water partition coefficient (Wildman–Crippen LogP) is 3.32. The molecule has 1 amide bonds. The molecule has 0 aliphatic heterocycles. The zero-order chi connectivity index (χ0) is 17.7. The molecule has 1 N–H and O–H groups in total. The van der Waals surface area contributed by atoms with Crippen molar-refractivity contribution in [2.75, 3.05) is 0 Å². The Morgan fingerprint density at radius 3 is 2.46 bits per heavy atom. The Morgan fingerprint density at radius 2 is 1.96 bits per heavy atom. The van der Waals surface area contributed by atoms with Crippen LogP contribution in [0.15, 0.2) is 36.4 Å². The summed E-state index contributed by atoms with van der Waals surface area (Å²) in [5, 5.41) is 17.9. The van der Waals surface area contributed by atoms with Gasteiger partial charge in [0.1, 0.15) is 0 Å². The highest BCUT2D eigenvalue weighted by molar-refractivity contribution is 5.80. The van der Waals surface area contributed by atoms with Gasteiger partial charge in [-0.2, -0.15) is 4.68 Å². The number of hydrogen-bond acceptors (Lipinski definition) is 4. The lowest BCUT2D eigenvalue weighted by molar-refractivity contribution is -0.389. The summed E-state index contributed by atoms with van der Waals surface area (Å²) in [7, 11) is 0. The molecular formula is C17H22N4O3. The summed E-state index contributed by atoms with van der Waals surface area (Å²) in [5.41, 5.74) is 1.63. The summed E-state index contributed by atoms with van der Waals surface area (Å²) in [6.07, 6.45) is 1.25. The Kier molecular flexibility index (Phi) is 5.68. The molecule has 7 heteroatoms. The van der Waals surface area contributed by atoms with Gasteiger partial charge in [-0.15, -0.1) is 0 Å². The van der Waals surface area contributed by atoms with Gasteiger partial charge in [0.25, 0.3) is 0 Å². The van der Waals surface area contributed by atoms with E-state index < -0.39 is 11.0 Å². The van der Waals surface area contributed by atoms with Crippen LogP contribution in [0.2, 0.25) is 0 Å². The molecular weight excluding hydrogens is 308 g/mol. The van der Waals surface area contributed by atoms with E-state index >= 15 is 0 Å². The first kappa shape index (κ1) is 17.7. The maximum absolute atomic E-state index is 12.7. The van der Waals surface area contributed by atoms with Crippen LogP contribution in [0.3, 0.4) is 0 Å². The highest BCUT2D eigenvalue weighted by atomic mass is 16.6. The average molecular weight is 330 g/mol. The van der Waals surface area contributed by atoms with Gasteiger partial charge in [-0.1, -0.05) is 44.2 Å². The van der Waals surface area contributed by atoms with Gasteiger partial charge in [0.15, 0.2) is 6.04 Å². The first-order valence-electron chi connectivity index (χ1n) is 8.03. The van der Waals surface area contributed by atoms with Crippen molar-refractivity contribution >= 4 is 11.7 Å². The smallest absolute Gasteiger partial charge is 0.358 e. The number of nitro groups is 1. The van der Waals surface area contributed by atoms with E-state index in [1.165, 1.54) is 10.7 Å². The second-order valence-electron chi connectivity index (χ2n) is 5.65. The van der Waals surface area contributed by atoms with Crippen molar-refractivity contribution in [2.45, 2.75) is 45.7 Å². The van der Waals surface area contributed by atoms with Crippen LogP contribution in [-0.4, -0.2) is 20.6 Å². The number of amides is 1. The molecule has 1 heterocycles. The standard InChI is InChI=1S/C17H22N4O3/c1-4-14(13-9-7-6-8-10-13)18-17(22)15(5-2)20-12(3)11-16(19-20)21(23)24/h6-11,14-15H,4-5H2,1-3H3,(H,18,22). The molecule has 2 rings (SSSR count). The quantitative estimate of drug-likeness (QED) is 0.623. The van der Waals surface area contributed by atoms with Crippen molar-refractivity contribution in [2.24, 2.45) is 0 Å². The Balaban J connectivity index is 2.21. The number of benzene rings is 1. The highest BCUT2D eigenvalue weighted by Gasteiger charge is 2.28. The highest BCUT2D eigenvalue weighted by Crippen LogP contribution is 2.22. The predicted molar refractivity (Wildman–Crippen MR) is 90.6 cm³/mol. The monoisotopic (exact) mass is 330 g/mol. The Labute approximate surface area is 140 Å². The van der Waals surface area contributed by atoms with Crippen LogP contribution < -0.4 is 5.32 Å². The molecule has 7 nitrogen and oxygen atoms in total. The Bertz CT molecular complexity index is 712. The molecule has 2 atom stereocenters. The van der Waals surface area contributed by atoms with E-state index in [4.69, 9.17) is 0 Å². The number of nitrogens with one attached hydrogen (secondary N) is 1. The SMILES string of the molecule is CCC(NC(=O)C(CC)n1nc([N+](=O)[O-])cc1C)c1ccccc1. The third kappa shape index (κ3) is 3.79. The maximum atomic E-state index is 12.7. The molecule has 0 aliphatic carbocycles. The van der Waals surface area contributed by atoms with Crippen molar-refractivity contribution < 1.29 is 9.72 Å². The molecule has 1 aromatic carbocycles. The van der Waals surface area contributed by atoms with Gasteiger partial charge in [0.05, 0.1) is 22.9 Å². The van der Waals surface area contributed by atoms with Gasteiger partial charge in [0.2, 0.25) is 5.91 Å². The molecule has 0 bridgehead atoms. The lowest BCUT2D eigenvalue weighted by Gasteiger charge is -2.21. The van der Waals surface area contributed by atoms with Crippen LogP contribution in [0.25, 0.3) is 0 Å². The van der Waals surface area contributed by atoms with Crippen LogP contribution in [0.4, 0.5) is 5.82 Å². The summed E-state index contributed by atoms with van der Waals surface area (Å²) < 4.78 is 1.44. The van der Waals surface area contributed by atoms with Crippen LogP contribution in [0.5, 0.6) is 0 Å². The third-order valence-corrected chi connectivity index (χ3v) is 4.01. The summed E-state index contributed by atoms with van der Waals surface area (Å²) in [5.74, 6) is -0.428. The number of carbonyl (C=O) groups excluding carboxylic acids is 1. The molecule has 0 radical (unpaired) electrons. The number of hydrogen-bond donors (Lipinski definition) is 1. The molecule has 0 fully saturated rings. The minimum absolute atomic E-state index is 0.0985. The van der Waals surface area contributed by atoms with Crippen molar-refractivity contribution in [3.63, 3.8) is 0 Å². The largest absolute Gasteiger partial charge is 0.390 e. The molecule has 0 aliphatic rings. The van der Waals surface area contributed by atoms with Crippen molar-refractivity contribution in [3.05, 3.63) is 57.8 Å². The zero-order valence-electron chi connectivity index (χ0n) is 14.1. The summed E-state index contributed by atoms with van der Waals surface area (Å²) >= 11 is 0. The van der Waals surface area contributed by atoms with E-state index in [1.54, 1.807) is 6.92 Å². The first-order valence-corrected chi connectivity index (χ1v) is 8.03. The van der Waals surface area contributed by atoms with Crippen LogP contribution in [-0.2, 0) is 4.79 Å². The van der Waals surface area contributed by atoms with Crippen molar-refractivity contribution in [1.82, 2.24) is 15.1 Å². The number of aromatic nitrogens is 2. The van der Waals surface area contributed by atoms with Gasteiger partial charge in [0, 0.05) is 0 Å². The second-order valence-corrected chi connectivity index (χ2v) is 5.65. The van der Waals surface area contributed by atoms with Gasteiger partial charge in [-0.25, -0.2) is 0 Å². The Morgan fingerprint density at radius 1 is 1.29 bits per heavy atom. The number of aryl methyl sites for hydroxylation is 1. The summed E-state index contributed by atoms with van der Waals surface area (Å²) in [4.78, 5) is 23.0. The molecule has 0 saturated carbocycles. The molecule has 128 valence electrons. The fraction of sp³-hybridized carbons (Fsp3) is 0.412. The number of nitrogens with zero attached hydrogens (tertiary/aromatic N) is 3. The van der Waals surface area contributed by atoms with Crippen molar-refractivity contribution in [1.29, 1.82) is 0 Å². The van der Waals surface area contributed by atoms with Gasteiger partial charge in [-0.05, 0) is 30.3 Å². The van der Waals surface area contributed by atoms with Gasteiger partial charge in [-0.3, -0.25) is 4.79 Å². The van der Waals surface area contributed by atoms with Crippen LogP contribution in [0.1, 0.15) is 50.0 Å². The lowest BCUT2D eigenvalue weighted by Crippen LogP contribution is -2.35. The Hall–Kier alpha value is -2.70. The van der Waals surface area contributed by atoms with E-state index in [1.807, 2.05) is 44.2 Å². The number of carbonyl (C=O) groups is 1. The molecule has 24 heavy (non-hydrogen) atoms. The minimum atomic E-state index is -0.573. The van der Waals surface area contributed by atoms with Crippen LogP contribution >= 0.6 is 0 Å². The third-order valence-electron chi connectivity index (χ3n) is 4.01. The normalized spacial score (nSPS) is 13.3. The van der Waals surface area contributed by atoms with Crippen LogP contribution in [0, 0.1) is 17.0 Å². The number of rotatable bonds is 7. The molecule has 1 aromatic heterocycles. The second kappa shape index (κ2) is 7.72. The van der Waals surface area contributed by atoms with E-state index in [0.717, 1.165) is 12.0 Å². The van der Waals surface area contributed by atoms with E-state index in [-0.39, 0.29) is 17.8 Å². The molecule has 2 unspecified atom stereocenters. The summed E-state index contributed by atoms with van der Waals surface area (Å²) in [6.45, 7) is 5.58. The van der Waals surface area contributed by atoms with E-state index in [2.05, 4.69) is 10.4 Å². The minimum Gasteiger partial charge on any atom is -0.358 e. The molecule has 0 spiro atoms. The zero-order valence-corrected chi connectivity index (χ0v) is 14.1. The van der Waals surface area contributed by atoms with E-state index in [0.29, 0.717) is 12.1 Å². The lowest BCUT2D eigenvalue weighted by atomic mass is 10.0. The fourth-order valence-electron chi connectivity index (χ4n) is 2.72. The van der Waals surface area contributed by atoms with Gasteiger partial charge >= 0.3 is 5.82 Å².